The van der Waals surface area contributed by atoms with Crippen LogP contribution in [0, 0.1) is 5.92 Å². The van der Waals surface area contributed by atoms with Crippen LogP contribution in [-0.4, -0.2) is 11.0 Å². The second kappa shape index (κ2) is 6.57. The summed E-state index contributed by atoms with van der Waals surface area (Å²) in [6.45, 7) is 1.87. The van der Waals surface area contributed by atoms with Crippen molar-refractivity contribution < 1.29 is 9.90 Å². The summed E-state index contributed by atoms with van der Waals surface area (Å²) in [5.74, 6) is -0.216. The van der Waals surface area contributed by atoms with Crippen molar-refractivity contribution in [2.75, 3.05) is 5.32 Å². The molecule has 2 aromatic rings. The highest BCUT2D eigenvalue weighted by Crippen LogP contribution is 2.27. The zero-order chi connectivity index (χ0) is 14.5. The van der Waals surface area contributed by atoms with Gasteiger partial charge in [0.1, 0.15) is 5.75 Å². The minimum absolute atomic E-state index is 0.0552. The van der Waals surface area contributed by atoms with E-state index in [1.165, 1.54) is 0 Å². The SMILES string of the molecule is CC(Cc1ccccc1)C(=O)Nc1ccc(Br)cc1O. The molecule has 0 radical (unpaired) electrons. The van der Waals surface area contributed by atoms with Gasteiger partial charge in [0.05, 0.1) is 5.69 Å². The van der Waals surface area contributed by atoms with E-state index in [1.54, 1.807) is 18.2 Å². The highest BCUT2D eigenvalue weighted by Gasteiger charge is 2.15. The lowest BCUT2D eigenvalue weighted by atomic mass is 10.0. The summed E-state index contributed by atoms with van der Waals surface area (Å²) in [5.41, 5.74) is 1.55. The summed E-state index contributed by atoms with van der Waals surface area (Å²) in [7, 11) is 0. The van der Waals surface area contributed by atoms with Gasteiger partial charge >= 0.3 is 0 Å². The van der Waals surface area contributed by atoms with Crippen LogP contribution in [0.3, 0.4) is 0 Å². The number of nitrogens with one attached hydrogen (secondary N) is 1. The van der Waals surface area contributed by atoms with E-state index in [-0.39, 0.29) is 17.6 Å². The molecule has 0 aliphatic carbocycles. The van der Waals surface area contributed by atoms with Gasteiger partial charge in [-0.15, -0.1) is 0 Å². The number of phenolic OH excluding ortho intramolecular Hbond substituents is 1. The molecule has 0 fully saturated rings. The number of halogens is 1. The quantitative estimate of drug-likeness (QED) is 0.831. The van der Waals surface area contributed by atoms with Gasteiger partial charge in [-0.25, -0.2) is 0 Å². The molecular weight excluding hydrogens is 318 g/mol. The van der Waals surface area contributed by atoms with Crippen molar-refractivity contribution in [3.05, 3.63) is 58.6 Å². The number of anilines is 1. The molecule has 0 spiro atoms. The Kier molecular flexibility index (Phi) is 4.79. The first-order valence-corrected chi connectivity index (χ1v) is 7.19. The second-order valence-corrected chi connectivity index (χ2v) is 5.66. The first kappa shape index (κ1) is 14.6. The van der Waals surface area contributed by atoms with E-state index < -0.39 is 0 Å². The molecule has 20 heavy (non-hydrogen) atoms. The first-order valence-electron chi connectivity index (χ1n) is 6.39. The predicted octanol–water partition coefficient (Wildman–Crippen LogP) is 3.97. The van der Waals surface area contributed by atoms with Gasteiger partial charge in [-0.1, -0.05) is 53.2 Å². The van der Waals surface area contributed by atoms with Gasteiger partial charge in [0, 0.05) is 10.4 Å². The molecule has 0 saturated carbocycles. The number of hydrogen-bond donors (Lipinski definition) is 2. The molecule has 0 aromatic heterocycles. The van der Waals surface area contributed by atoms with Crippen LogP contribution in [0.25, 0.3) is 0 Å². The highest BCUT2D eigenvalue weighted by molar-refractivity contribution is 9.10. The Hall–Kier alpha value is -1.81. The van der Waals surface area contributed by atoms with Gasteiger partial charge in [-0.05, 0) is 30.2 Å². The van der Waals surface area contributed by atoms with Gasteiger partial charge in [-0.2, -0.15) is 0 Å². The summed E-state index contributed by atoms with van der Waals surface area (Å²) < 4.78 is 0.769. The van der Waals surface area contributed by atoms with Gasteiger partial charge < -0.3 is 10.4 Å². The Morgan fingerprint density at radius 1 is 1.25 bits per heavy atom. The maximum Gasteiger partial charge on any atom is 0.227 e. The molecular formula is C16H16BrNO2. The standard InChI is InChI=1S/C16H16BrNO2/c1-11(9-12-5-3-2-4-6-12)16(20)18-14-8-7-13(17)10-15(14)19/h2-8,10-11,19H,9H2,1H3,(H,18,20). The molecule has 0 aliphatic rings. The number of hydrogen-bond acceptors (Lipinski definition) is 2. The molecule has 2 rings (SSSR count). The molecule has 104 valence electrons. The molecule has 3 nitrogen and oxygen atoms in total. The van der Waals surface area contributed by atoms with E-state index in [0.717, 1.165) is 10.0 Å². The Labute approximate surface area is 126 Å². The summed E-state index contributed by atoms with van der Waals surface area (Å²) in [6, 6.07) is 14.9. The van der Waals surface area contributed by atoms with E-state index in [0.29, 0.717) is 12.1 Å². The summed E-state index contributed by atoms with van der Waals surface area (Å²) >= 11 is 3.26. The number of aromatic hydroxyl groups is 1. The van der Waals surface area contributed by atoms with E-state index >= 15 is 0 Å². The minimum atomic E-state index is -0.166. The van der Waals surface area contributed by atoms with Crippen LogP contribution in [0.5, 0.6) is 5.75 Å². The molecule has 4 heteroatoms. The van der Waals surface area contributed by atoms with Crippen LogP contribution >= 0.6 is 15.9 Å². The van der Waals surface area contributed by atoms with Gasteiger partial charge in [0.2, 0.25) is 5.91 Å². The summed E-state index contributed by atoms with van der Waals surface area (Å²) in [6.07, 6.45) is 0.671. The third kappa shape index (κ3) is 3.84. The molecule has 1 amide bonds. The van der Waals surface area contributed by atoms with Gasteiger partial charge in [0.25, 0.3) is 0 Å². The number of carbonyl (C=O) groups is 1. The monoisotopic (exact) mass is 333 g/mol. The molecule has 1 unspecified atom stereocenters. The van der Waals surface area contributed by atoms with Crippen molar-refractivity contribution in [3.63, 3.8) is 0 Å². The van der Waals surface area contributed by atoms with Gasteiger partial charge in [0.15, 0.2) is 0 Å². The van der Waals surface area contributed by atoms with Crippen molar-refractivity contribution in [2.45, 2.75) is 13.3 Å². The smallest absolute Gasteiger partial charge is 0.227 e. The number of benzene rings is 2. The Balaban J connectivity index is 2.01. The lowest BCUT2D eigenvalue weighted by Crippen LogP contribution is -2.22. The highest BCUT2D eigenvalue weighted by atomic mass is 79.9. The third-order valence-corrected chi connectivity index (χ3v) is 3.54. The Morgan fingerprint density at radius 3 is 2.60 bits per heavy atom. The van der Waals surface area contributed by atoms with Crippen molar-refractivity contribution in [1.29, 1.82) is 0 Å². The summed E-state index contributed by atoms with van der Waals surface area (Å²) in [4.78, 5) is 12.1. The fraction of sp³-hybridized carbons (Fsp3) is 0.188. The lowest BCUT2D eigenvalue weighted by molar-refractivity contribution is -0.119. The molecule has 0 saturated heterocycles. The summed E-state index contributed by atoms with van der Waals surface area (Å²) in [5, 5.41) is 12.5. The van der Waals surface area contributed by atoms with E-state index in [4.69, 9.17) is 0 Å². The Bertz CT molecular complexity index is 599. The second-order valence-electron chi connectivity index (χ2n) is 4.74. The molecule has 2 aromatic carbocycles. The normalized spacial score (nSPS) is 11.9. The third-order valence-electron chi connectivity index (χ3n) is 3.05. The van der Waals surface area contributed by atoms with Crippen LogP contribution in [0.15, 0.2) is 53.0 Å². The maximum atomic E-state index is 12.1. The van der Waals surface area contributed by atoms with Crippen LogP contribution in [0.4, 0.5) is 5.69 Å². The number of rotatable bonds is 4. The van der Waals surface area contributed by atoms with Crippen LogP contribution in [-0.2, 0) is 11.2 Å². The van der Waals surface area contributed by atoms with E-state index in [9.17, 15) is 9.90 Å². The zero-order valence-electron chi connectivity index (χ0n) is 11.1. The maximum absolute atomic E-state index is 12.1. The lowest BCUT2D eigenvalue weighted by Gasteiger charge is -2.13. The molecule has 0 heterocycles. The van der Waals surface area contributed by atoms with Crippen molar-refractivity contribution in [2.24, 2.45) is 5.92 Å². The van der Waals surface area contributed by atoms with Crippen LogP contribution < -0.4 is 5.32 Å². The fourth-order valence-corrected chi connectivity index (χ4v) is 2.28. The topological polar surface area (TPSA) is 49.3 Å². The van der Waals surface area contributed by atoms with Crippen LogP contribution in [0.2, 0.25) is 0 Å². The minimum Gasteiger partial charge on any atom is -0.506 e. The number of amides is 1. The van der Waals surface area contributed by atoms with E-state index in [1.807, 2.05) is 37.3 Å². The van der Waals surface area contributed by atoms with Crippen molar-refractivity contribution in [1.82, 2.24) is 0 Å². The molecule has 0 aliphatic heterocycles. The average Bonchev–Trinajstić information content (AvgIpc) is 2.43. The van der Waals surface area contributed by atoms with Crippen molar-refractivity contribution >= 4 is 27.5 Å². The van der Waals surface area contributed by atoms with Gasteiger partial charge in [-0.3, -0.25) is 4.79 Å². The fourth-order valence-electron chi connectivity index (χ4n) is 1.93. The largest absolute Gasteiger partial charge is 0.506 e. The molecule has 2 N–H and O–H groups in total. The van der Waals surface area contributed by atoms with Crippen molar-refractivity contribution in [3.8, 4) is 5.75 Å². The number of phenols is 1. The average molecular weight is 334 g/mol. The molecule has 1 atom stereocenters. The first-order chi connectivity index (χ1) is 9.56. The van der Waals surface area contributed by atoms with E-state index in [2.05, 4.69) is 21.2 Å². The molecule has 0 bridgehead atoms. The zero-order valence-corrected chi connectivity index (χ0v) is 12.7. The number of carbonyl (C=O) groups excluding carboxylic acids is 1. The Morgan fingerprint density at radius 2 is 1.95 bits per heavy atom. The van der Waals surface area contributed by atoms with Crippen LogP contribution in [0.1, 0.15) is 12.5 Å². The predicted molar refractivity (Wildman–Crippen MR) is 83.7 cm³/mol.